The van der Waals surface area contributed by atoms with Crippen molar-refractivity contribution in [2.45, 2.75) is 17.4 Å². The maximum atomic E-state index is 12.8. The summed E-state index contributed by atoms with van der Waals surface area (Å²) in [6, 6.07) is 8.37. The second kappa shape index (κ2) is 7.59. The van der Waals surface area contributed by atoms with E-state index in [9.17, 15) is 4.39 Å². The van der Waals surface area contributed by atoms with Crippen LogP contribution >= 0.6 is 23.4 Å². The number of rotatable bonds is 6. The van der Waals surface area contributed by atoms with Gasteiger partial charge >= 0.3 is 0 Å². The molecule has 6 heteroatoms. The van der Waals surface area contributed by atoms with Crippen molar-refractivity contribution in [3.05, 3.63) is 59.1 Å². The molecule has 0 radical (unpaired) electrons. The Morgan fingerprint density at radius 3 is 2.70 bits per heavy atom. The van der Waals surface area contributed by atoms with Gasteiger partial charge in [0.25, 0.3) is 0 Å². The maximum Gasteiger partial charge on any atom is 0.123 e. The minimum absolute atomic E-state index is 0.0740. The highest BCUT2D eigenvalue weighted by molar-refractivity contribution is 7.99. The molecular formula is C14H15ClFN3S. The average molecular weight is 312 g/mol. The summed E-state index contributed by atoms with van der Waals surface area (Å²) < 4.78 is 12.8. The summed E-state index contributed by atoms with van der Waals surface area (Å²) in [6.07, 6.45) is 4.05. The third-order valence-electron chi connectivity index (χ3n) is 2.82. The quantitative estimate of drug-likeness (QED) is 0.489. The third kappa shape index (κ3) is 4.45. The van der Waals surface area contributed by atoms with Gasteiger partial charge in [0.2, 0.25) is 0 Å². The average Bonchev–Trinajstić information content (AvgIpc) is 2.47. The van der Waals surface area contributed by atoms with E-state index in [4.69, 9.17) is 17.4 Å². The standard InChI is InChI=1S/C14H15ClFN3S/c15-14-8-18-6-5-10(14)7-12(19-17)9-20-13-3-1-11(16)2-4-13/h1-6,8,12,19H,7,9,17H2. The topological polar surface area (TPSA) is 50.9 Å². The highest BCUT2D eigenvalue weighted by Crippen LogP contribution is 2.21. The number of benzene rings is 1. The molecule has 1 aromatic heterocycles. The third-order valence-corrected chi connectivity index (χ3v) is 4.34. The molecule has 2 aromatic rings. The van der Waals surface area contributed by atoms with Gasteiger partial charge in [-0.25, -0.2) is 4.39 Å². The summed E-state index contributed by atoms with van der Waals surface area (Å²) in [7, 11) is 0. The Kier molecular flexibility index (Phi) is 5.79. The lowest BCUT2D eigenvalue weighted by atomic mass is 10.1. The second-order valence-corrected chi connectivity index (χ2v) is 5.80. The molecule has 0 aliphatic heterocycles. The van der Waals surface area contributed by atoms with Crippen LogP contribution in [-0.4, -0.2) is 16.8 Å². The van der Waals surface area contributed by atoms with Crippen LogP contribution in [0.1, 0.15) is 5.56 Å². The maximum absolute atomic E-state index is 12.8. The van der Waals surface area contributed by atoms with Crippen LogP contribution in [0.3, 0.4) is 0 Å². The lowest BCUT2D eigenvalue weighted by Crippen LogP contribution is -2.38. The minimum atomic E-state index is -0.230. The molecule has 1 unspecified atom stereocenters. The number of thioether (sulfide) groups is 1. The van der Waals surface area contributed by atoms with Crippen LogP contribution in [0.25, 0.3) is 0 Å². The number of nitrogens with one attached hydrogen (secondary N) is 1. The van der Waals surface area contributed by atoms with Gasteiger partial charge in [0.15, 0.2) is 0 Å². The van der Waals surface area contributed by atoms with Gasteiger partial charge in [0.05, 0.1) is 5.02 Å². The van der Waals surface area contributed by atoms with Crippen molar-refractivity contribution >= 4 is 23.4 Å². The number of nitrogens with two attached hydrogens (primary N) is 1. The second-order valence-electron chi connectivity index (χ2n) is 4.30. The summed E-state index contributed by atoms with van der Waals surface area (Å²) in [4.78, 5) is 4.96. The van der Waals surface area contributed by atoms with Crippen LogP contribution in [0.2, 0.25) is 5.02 Å². The number of halogens is 2. The number of hydrogen-bond acceptors (Lipinski definition) is 4. The van der Waals surface area contributed by atoms with Crippen molar-refractivity contribution < 1.29 is 4.39 Å². The molecule has 106 valence electrons. The molecule has 0 saturated heterocycles. The van der Waals surface area contributed by atoms with E-state index in [2.05, 4.69) is 10.4 Å². The first-order valence-electron chi connectivity index (χ1n) is 6.12. The molecule has 20 heavy (non-hydrogen) atoms. The fraction of sp³-hybridized carbons (Fsp3) is 0.214. The van der Waals surface area contributed by atoms with Crippen LogP contribution in [0.5, 0.6) is 0 Å². The zero-order valence-electron chi connectivity index (χ0n) is 10.7. The van der Waals surface area contributed by atoms with Crippen LogP contribution in [0.15, 0.2) is 47.6 Å². The SMILES string of the molecule is NNC(CSc1ccc(F)cc1)Cc1ccncc1Cl. The Labute approximate surface area is 126 Å². The van der Waals surface area contributed by atoms with Crippen molar-refractivity contribution in [1.29, 1.82) is 0 Å². The van der Waals surface area contributed by atoms with Gasteiger partial charge in [-0.2, -0.15) is 0 Å². The van der Waals surface area contributed by atoms with Crippen LogP contribution in [-0.2, 0) is 6.42 Å². The zero-order valence-corrected chi connectivity index (χ0v) is 12.3. The van der Waals surface area contributed by atoms with E-state index >= 15 is 0 Å². The van der Waals surface area contributed by atoms with Gasteiger partial charge in [0, 0.05) is 29.1 Å². The van der Waals surface area contributed by atoms with Crippen LogP contribution < -0.4 is 11.3 Å². The van der Waals surface area contributed by atoms with E-state index in [-0.39, 0.29) is 11.9 Å². The fourth-order valence-corrected chi connectivity index (χ4v) is 2.86. The molecule has 3 nitrogen and oxygen atoms in total. The molecule has 2 rings (SSSR count). The zero-order chi connectivity index (χ0) is 14.4. The van der Waals surface area contributed by atoms with Crippen molar-refractivity contribution in [2.75, 3.05) is 5.75 Å². The molecule has 0 aliphatic carbocycles. The van der Waals surface area contributed by atoms with Gasteiger partial charge in [0.1, 0.15) is 5.82 Å². The Morgan fingerprint density at radius 1 is 1.30 bits per heavy atom. The van der Waals surface area contributed by atoms with Gasteiger partial charge < -0.3 is 0 Å². The van der Waals surface area contributed by atoms with Crippen molar-refractivity contribution in [3.63, 3.8) is 0 Å². The molecule has 0 spiro atoms. The van der Waals surface area contributed by atoms with E-state index in [1.165, 1.54) is 12.1 Å². The highest BCUT2D eigenvalue weighted by atomic mass is 35.5. The molecule has 0 saturated carbocycles. The Bertz CT molecular complexity index is 550. The van der Waals surface area contributed by atoms with Gasteiger partial charge in [-0.15, -0.1) is 11.8 Å². The normalized spacial score (nSPS) is 12.3. The van der Waals surface area contributed by atoms with Crippen LogP contribution in [0, 0.1) is 5.82 Å². The van der Waals surface area contributed by atoms with Crippen molar-refractivity contribution in [3.8, 4) is 0 Å². The lowest BCUT2D eigenvalue weighted by Gasteiger charge is -2.16. The molecular weight excluding hydrogens is 297 g/mol. The van der Waals surface area contributed by atoms with Gasteiger partial charge in [-0.3, -0.25) is 16.3 Å². The predicted octanol–water partition coefficient (Wildman–Crippen LogP) is 3.04. The van der Waals surface area contributed by atoms with Crippen molar-refractivity contribution in [1.82, 2.24) is 10.4 Å². The lowest BCUT2D eigenvalue weighted by molar-refractivity contribution is 0.575. The highest BCUT2D eigenvalue weighted by Gasteiger charge is 2.11. The Balaban J connectivity index is 1.92. The molecule has 0 fully saturated rings. The summed E-state index contributed by atoms with van der Waals surface area (Å²) in [5, 5.41) is 0.638. The smallest absolute Gasteiger partial charge is 0.123 e. The van der Waals surface area contributed by atoms with Crippen molar-refractivity contribution in [2.24, 2.45) is 5.84 Å². The first-order valence-corrected chi connectivity index (χ1v) is 7.48. The largest absolute Gasteiger partial charge is 0.271 e. The summed E-state index contributed by atoms with van der Waals surface area (Å²) >= 11 is 7.70. The van der Waals surface area contributed by atoms with E-state index < -0.39 is 0 Å². The van der Waals surface area contributed by atoms with Gasteiger partial charge in [-0.1, -0.05) is 11.6 Å². The number of nitrogens with zero attached hydrogens (tertiary/aromatic N) is 1. The Hall–Kier alpha value is -1.14. The first kappa shape index (κ1) is 15.3. The van der Waals surface area contributed by atoms with E-state index in [1.54, 1.807) is 36.3 Å². The predicted molar refractivity (Wildman–Crippen MR) is 81.2 cm³/mol. The molecule has 0 aliphatic rings. The van der Waals surface area contributed by atoms with Crippen LogP contribution in [0.4, 0.5) is 4.39 Å². The van der Waals surface area contributed by atoms with E-state index in [1.807, 2.05) is 6.07 Å². The molecule has 3 N–H and O–H groups in total. The number of hydrazine groups is 1. The number of pyridine rings is 1. The molecule has 0 amide bonds. The van der Waals surface area contributed by atoms with Gasteiger partial charge in [-0.05, 0) is 42.3 Å². The number of hydrogen-bond donors (Lipinski definition) is 2. The van der Waals surface area contributed by atoms with E-state index in [0.717, 1.165) is 16.2 Å². The minimum Gasteiger partial charge on any atom is -0.271 e. The molecule has 1 atom stereocenters. The summed E-state index contributed by atoms with van der Waals surface area (Å²) in [5.41, 5.74) is 3.79. The summed E-state index contributed by atoms with van der Waals surface area (Å²) in [5.74, 6) is 6.11. The fourth-order valence-electron chi connectivity index (χ4n) is 1.73. The Morgan fingerprint density at radius 2 is 2.05 bits per heavy atom. The first-order chi connectivity index (χ1) is 9.69. The molecule has 0 bridgehead atoms. The number of aromatic nitrogens is 1. The van der Waals surface area contributed by atoms with E-state index in [0.29, 0.717) is 11.4 Å². The molecule has 1 heterocycles. The summed E-state index contributed by atoms with van der Waals surface area (Å²) in [6.45, 7) is 0. The molecule has 1 aromatic carbocycles. The monoisotopic (exact) mass is 311 g/mol.